The fourth-order valence-electron chi connectivity index (χ4n) is 1.81. The molecule has 0 saturated heterocycles. The number of anilines is 1. The molecular formula is C14H20N2O4. The molecule has 0 saturated carbocycles. The van der Waals surface area contributed by atoms with Gasteiger partial charge in [0.25, 0.3) is 0 Å². The summed E-state index contributed by atoms with van der Waals surface area (Å²) in [5.74, 6) is -0.965. The Balaban J connectivity index is 2.83. The Morgan fingerprint density at radius 1 is 1.40 bits per heavy atom. The van der Waals surface area contributed by atoms with Crippen LogP contribution in [0.2, 0.25) is 0 Å². The lowest BCUT2D eigenvalue weighted by atomic mass is 9.96. The van der Waals surface area contributed by atoms with Gasteiger partial charge in [-0.3, -0.25) is 0 Å². The molecular weight excluding hydrogens is 260 g/mol. The fourth-order valence-corrected chi connectivity index (χ4v) is 1.81. The Labute approximate surface area is 118 Å². The number of pyridine rings is 1. The monoisotopic (exact) mass is 280 g/mol. The van der Waals surface area contributed by atoms with Crippen molar-refractivity contribution in [2.75, 3.05) is 11.9 Å². The lowest BCUT2D eigenvalue weighted by Crippen LogP contribution is -2.43. The number of rotatable bonds is 7. The van der Waals surface area contributed by atoms with Crippen molar-refractivity contribution in [1.29, 1.82) is 0 Å². The SMILES string of the molecule is CCCC(C)(Nc1ccc(C(=O)OCC)cn1)C(=O)O. The summed E-state index contributed by atoms with van der Waals surface area (Å²) < 4.78 is 4.85. The van der Waals surface area contributed by atoms with Crippen molar-refractivity contribution in [3.05, 3.63) is 23.9 Å². The number of carbonyl (C=O) groups excluding carboxylic acids is 1. The lowest BCUT2D eigenvalue weighted by Gasteiger charge is -2.26. The van der Waals surface area contributed by atoms with E-state index in [9.17, 15) is 14.7 Å². The molecule has 110 valence electrons. The van der Waals surface area contributed by atoms with E-state index in [0.29, 0.717) is 24.4 Å². The van der Waals surface area contributed by atoms with E-state index in [1.165, 1.54) is 6.20 Å². The summed E-state index contributed by atoms with van der Waals surface area (Å²) >= 11 is 0. The third kappa shape index (κ3) is 3.94. The molecule has 0 aromatic carbocycles. The number of hydrogen-bond acceptors (Lipinski definition) is 5. The Kier molecular flexibility index (Phi) is 5.49. The predicted molar refractivity (Wildman–Crippen MR) is 74.8 cm³/mol. The Morgan fingerprint density at radius 3 is 2.55 bits per heavy atom. The van der Waals surface area contributed by atoms with Crippen molar-refractivity contribution < 1.29 is 19.4 Å². The van der Waals surface area contributed by atoms with Gasteiger partial charge in [0.15, 0.2) is 0 Å². The Morgan fingerprint density at radius 2 is 2.10 bits per heavy atom. The second-order valence-corrected chi connectivity index (χ2v) is 4.66. The number of aliphatic carboxylic acids is 1. The molecule has 6 heteroatoms. The molecule has 1 aromatic heterocycles. The smallest absolute Gasteiger partial charge is 0.339 e. The minimum atomic E-state index is -1.08. The fraction of sp³-hybridized carbons (Fsp3) is 0.500. The number of hydrogen-bond donors (Lipinski definition) is 2. The van der Waals surface area contributed by atoms with Crippen LogP contribution < -0.4 is 5.32 Å². The van der Waals surface area contributed by atoms with Gasteiger partial charge in [-0.1, -0.05) is 13.3 Å². The molecule has 6 nitrogen and oxygen atoms in total. The van der Waals surface area contributed by atoms with Gasteiger partial charge >= 0.3 is 11.9 Å². The number of esters is 1. The maximum Gasteiger partial charge on any atom is 0.339 e. The van der Waals surface area contributed by atoms with Crippen LogP contribution >= 0.6 is 0 Å². The molecule has 0 fully saturated rings. The third-order valence-electron chi connectivity index (χ3n) is 2.90. The zero-order chi connectivity index (χ0) is 15.2. The number of carboxylic acids is 1. The molecule has 1 rings (SSSR count). The van der Waals surface area contributed by atoms with E-state index in [0.717, 1.165) is 6.42 Å². The summed E-state index contributed by atoms with van der Waals surface area (Å²) in [6.07, 6.45) is 2.58. The minimum absolute atomic E-state index is 0.298. The van der Waals surface area contributed by atoms with Gasteiger partial charge in [0.1, 0.15) is 11.4 Å². The standard InChI is InChI=1S/C14H20N2O4/c1-4-8-14(3,13(18)19)16-11-7-6-10(9-15-11)12(17)20-5-2/h6-7,9H,4-5,8H2,1-3H3,(H,15,16)(H,18,19). The van der Waals surface area contributed by atoms with Crippen LogP contribution in [0.4, 0.5) is 5.82 Å². The third-order valence-corrected chi connectivity index (χ3v) is 2.90. The number of aromatic nitrogens is 1. The average molecular weight is 280 g/mol. The molecule has 0 amide bonds. The highest BCUT2D eigenvalue weighted by atomic mass is 16.5. The van der Waals surface area contributed by atoms with Crippen LogP contribution in [0.15, 0.2) is 18.3 Å². The maximum atomic E-state index is 11.5. The maximum absolute atomic E-state index is 11.5. The van der Waals surface area contributed by atoms with Crippen LogP contribution in [0.3, 0.4) is 0 Å². The highest BCUT2D eigenvalue weighted by molar-refractivity contribution is 5.89. The van der Waals surface area contributed by atoms with Gasteiger partial charge in [0, 0.05) is 6.20 Å². The second-order valence-electron chi connectivity index (χ2n) is 4.66. The van der Waals surface area contributed by atoms with Gasteiger partial charge < -0.3 is 15.2 Å². The van der Waals surface area contributed by atoms with Gasteiger partial charge in [-0.2, -0.15) is 0 Å². The summed E-state index contributed by atoms with van der Waals surface area (Å²) in [7, 11) is 0. The molecule has 0 aliphatic heterocycles. The molecule has 20 heavy (non-hydrogen) atoms. The van der Waals surface area contributed by atoms with Crippen molar-refractivity contribution in [3.63, 3.8) is 0 Å². The Hall–Kier alpha value is -2.11. The molecule has 0 spiro atoms. The van der Waals surface area contributed by atoms with E-state index in [4.69, 9.17) is 4.74 Å². The van der Waals surface area contributed by atoms with Crippen molar-refractivity contribution in [2.45, 2.75) is 39.2 Å². The Bertz CT molecular complexity index is 473. The number of nitrogens with one attached hydrogen (secondary N) is 1. The first-order valence-corrected chi connectivity index (χ1v) is 6.57. The number of nitrogens with zero attached hydrogens (tertiary/aromatic N) is 1. The largest absolute Gasteiger partial charge is 0.480 e. The molecule has 0 aliphatic carbocycles. The predicted octanol–water partition coefficient (Wildman–Crippen LogP) is 2.31. The summed E-state index contributed by atoms with van der Waals surface area (Å²) in [6.45, 7) is 5.55. The molecule has 1 aromatic rings. The van der Waals surface area contributed by atoms with Gasteiger partial charge in [-0.15, -0.1) is 0 Å². The normalized spacial score (nSPS) is 13.3. The molecule has 1 unspecified atom stereocenters. The number of carbonyl (C=O) groups is 2. The second kappa shape index (κ2) is 6.88. The van der Waals surface area contributed by atoms with Crippen LogP contribution in [0.1, 0.15) is 44.0 Å². The molecule has 2 N–H and O–H groups in total. The van der Waals surface area contributed by atoms with Crippen molar-refractivity contribution >= 4 is 17.8 Å². The first kappa shape index (κ1) is 15.9. The highest BCUT2D eigenvalue weighted by Crippen LogP contribution is 2.19. The van der Waals surface area contributed by atoms with Crippen molar-refractivity contribution in [1.82, 2.24) is 4.98 Å². The molecule has 1 atom stereocenters. The highest BCUT2D eigenvalue weighted by Gasteiger charge is 2.32. The molecule has 0 radical (unpaired) electrons. The molecule has 0 aliphatic rings. The van der Waals surface area contributed by atoms with Gasteiger partial charge in [0.05, 0.1) is 12.2 Å². The molecule has 1 heterocycles. The lowest BCUT2D eigenvalue weighted by molar-refractivity contribution is -0.142. The van der Waals surface area contributed by atoms with E-state index >= 15 is 0 Å². The zero-order valence-electron chi connectivity index (χ0n) is 12.0. The minimum Gasteiger partial charge on any atom is -0.480 e. The first-order valence-electron chi connectivity index (χ1n) is 6.57. The zero-order valence-corrected chi connectivity index (χ0v) is 12.0. The summed E-state index contributed by atoms with van der Waals surface area (Å²) in [6, 6.07) is 3.13. The van der Waals surface area contributed by atoms with Crippen LogP contribution in [0, 0.1) is 0 Å². The quantitative estimate of drug-likeness (QED) is 0.745. The van der Waals surface area contributed by atoms with Gasteiger partial charge in [-0.25, -0.2) is 14.6 Å². The van der Waals surface area contributed by atoms with Crippen LogP contribution in [-0.4, -0.2) is 34.2 Å². The summed E-state index contributed by atoms with van der Waals surface area (Å²) in [5.41, 5.74) is -0.738. The van der Waals surface area contributed by atoms with Gasteiger partial charge in [0.2, 0.25) is 0 Å². The van der Waals surface area contributed by atoms with E-state index < -0.39 is 17.5 Å². The van der Waals surface area contributed by atoms with Crippen molar-refractivity contribution in [2.24, 2.45) is 0 Å². The van der Waals surface area contributed by atoms with Crippen LogP contribution in [0.5, 0.6) is 0 Å². The number of carboxylic acid groups (broad SMARTS) is 1. The summed E-state index contributed by atoms with van der Waals surface area (Å²) in [5, 5.41) is 12.2. The van der Waals surface area contributed by atoms with Gasteiger partial charge in [-0.05, 0) is 32.4 Å². The molecule has 0 bridgehead atoms. The van der Waals surface area contributed by atoms with Crippen LogP contribution in [-0.2, 0) is 9.53 Å². The average Bonchev–Trinajstić information content (AvgIpc) is 2.40. The number of ether oxygens (including phenoxy) is 1. The van der Waals surface area contributed by atoms with E-state index in [-0.39, 0.29) is 0 Å². The van der Waals surface area contributed by atoms with E-state index in [2.05, 4.69) is 10.3 Å². The van der Waals surface area contributed by atoms with E-state index in [1.807, 2.05) is 6.92 Å². The van der Waals surface area contributed by atoms with E-state index in [1.54, 1.807) is 26.0 Å². The van der Waals surface area contributed by atoms with Crippen molar-refractivity contribution in [3.8, 4) is 0 Å². The topological polar surface area (TPSA) is 88.5 Å². The first-order chi connectivity index (χ1) is 9.42. The van der Waals surface area contributed by atoms with Crippen LogP contribution in [0.25, 0.3) is 0 Å². The summed E-state index contributed by atoms with van der Waals surface area (Å²) in [4.78, 5) is 26.8.